The summed E-state index contributed by atoms with van der Waals surface area (Å²) >= 11 is 11.5. The Morgan fingerprint density at radius 2 is 2.06 bits per heavy atom. The molecule has 0 unspecified atom stereocenters. The SMILES string of the molecule is O=C(C1=CC=CC1)c1cc(Cl)cc(Cl)c1O. The molecule has 1 aliphatic carbocycles. The van der Waals surface area contributed by atoms with Gasteiger partial charge >= 0.3 is 0 Å². The number of aromatic hydroxyl groups is 1. The predicted octanol–water partition coefficient (Wildman–Crippen LogP) is 3.77. The van der Waals surface area contributed by atoms with E-state index in [1.54, 1.807) is 12.2 Å². The van der Waals surface area contributed by atoms with Gasteiger partial charge in [0.1, 0.15) is 5.75 Å². The maximum Gasteiger partial charge on any atom is 0.193 e. The molecule has 2 nitrogen and oxygen atoms in total. The molecular formula is C12H8Cl2O2. The average molecular weight is 255 g/mol. The molecule has 0 saturated carbocycles. The summed E-state index contributed by atoms with van der Waals surface area (Å²) in [6, 6.07) is 2.82. The van der Waals surface area contributed by atoms with Gasteiger partial charge in [0.25, 0.3) is 0 Å². The van der Waals surface area contributed by atoms with Crippen molar-refractivity contribution in [3.63, 3.8) is 0 Å². The maximum absolute atomic E-state index is 12.0. The number of hydrogen-bond acceptors (Lipinski definition) is 2. The molecule has 1 aliphatic rings. The molecule has 0 heterocycles. The van der Waals surface area contributed by atoms with Crippen molar-refractivity contribution in [2.75, 3.05) is 0 Å². The van der Waals surface area contributed by atoms with Gasteiger partial charge in [-0.15, -0.1) is 0 Å². The third-order valence-electron chi connectivity index (χ3n) is 2.34. The molecule has 0 fully saturated rings. The van der Waals surface area contributed by atoms with Crippen LogP contribution < -0.4 is 0 Å². The van der Waals surface area contributed by atoms with Crippen LogP contribution in [0.1, 0.15) is 16.8 Å². The zero-order valence-electron chi connectivity index (χ0n) is 8.21. The van der Waals surface area contributed by atoms with Gasteiger partial charge in [0.15, 0.2) is 5.78 Å². The van der Waals surface area contributed by atoms with Crippen molar-refractivity contribution >= 4 is 29.0 Å². The average Bonchev–Trinajstić information content (AvgIpc) is 2.75. The Morgan fingerprint density at radius 1 is 1.31 bits per heavy atom. The summed E-state index contributed by atoms with van der Waals surface area (Å²) in [7, 11) is 0. The van der Waals surface area contributed by atoms with E-state index in [1.807, 2.05) is 6.08 Å². The normalized spacial score (nSPS) is 14.0. The van der Waals surface area contributed by atoms with Gasteiger partial charge in [-0.3, -0.25) is 4.79 Å². The molecule has 0 aromatic heterocycles. The number of carbonyl (C=O) groups excluding carboxylic acids is 1. The Balaban J connectivity index is 2.44. The molecule has 16 heavy (non-hydrogen) atoms. The van der Waals surface area contributed by atoms with Gasteiger partial charge in [0.2, 0.25) is 0 Å². The monoisotopic (exact) mass is 254 g/mol. The highest BCUT2D eigenvalue weighted by atomic mass is 35.5. The highest BCUT2D eigenvalue weighted by Gasteiger charge is 2.19. The molecule has 0 bridgehead atoms. The minimum atomic E-state index is -0.244. The minimum absolute atomic E-state index is 0.0856. The second kappa shape index (κ2) is 4.32. The van der Waals surface area contributed by atoms with Crippen molar-refractivity contribution < 1.29 is 9.90 Å². The van der Waals surface area contributed by atoms with Gasteiger partial charge < -0.3 is 5.11 Å². The van der Waals surface area contributed by atoms with Crippen LogP contribution >= 0.6 is 23.2 Å². The number of hydrogen-bond donors (Lipinski definition) is 1. The lowest BCUT2D eigenvalue weighted by molar-refractivity contribution is 0.103. The summed E-state index contributed by atoms with van der Waals surface area (Å²) in [5.74, 6) is -0.462. The van der Waals surface area contributed by atoms with Gasteiger partial charge in [0, 0.05) is 10.6 Å². The minimum Gasteiger partial charge on any atom is -0.506 e. The lowest BCUT2D eigenvalue weighted by atomic mass is 10.0. The van der Waals surface area contributed by atoms with E-state index in [0.29, 0.717) is 17.0 Å². The highest BCUT2D eigenvalue weighted by molar-refractivity contribution is 6.36. The highest BCUT2D eigenvalue weighted by Crippen LogP contribution is 2.33. The number of ketones is 1. The first kappa shape index (κ1) is 11.2. The first-order valence-electron chi connectivity index (χ1n) is 4.68. The Bertz CT molecular complexity index is 516. The molecule has 82 valence electrons. The summed E-state index contributed by atoms with van der Waals surface area (Å²) in [5, 5.41) is 10.1. The lowest BCUT2D eigenvalue weighted by Crippen LogP contribution is -2.02. The number of carbonyl (C=O) groups is 1. The molecule has 0 spiro atoms. The molecule has 1 N–H and O–H groups in total. The van der Waals surface area contributed by atoms with Crippen molar-refractivity contribution in [2.45, 2.75) is 6.42 Å². The van der Waals surface area contributed by atoms with Gasteiger partial charge in [-0.2, -0.15) is 0 Å². The first-order chi connectivity index (χ1) is 7.59. The predicted molar refractivity (Wildman–Crippen MR) is 64.3 cm³/mol. The molecule has 0 amide bonds. The Hall–Kier alpha value is -1.25. The lowest BCUT2D eigenvalue weighted by Gasteiger charge is -2.06. The topological polar surface area (TPSA) is 37.3 Å². The number of phenolic OH excluding ortho intramolecular Hbond substituents is 1. The van der Waals surface area contributed by atoms with E-state index in [1.165, 1.54) is 12.1 Å². The van der Waals surface area contributed by atoms with Crippen LogP contribution in [0.5, 0.6) is 5.75 Å². The standard InChI is InChI=1S/C12H8Cl2O2/c13-8-5-9(12(16)10(14)6-8)11(15)7-3-1-2-4-7/h1-3,5-6,16H,4H2. The van der Waals surface area contributed by atoms with Crippen LogP contribution in [0.3, 0.4) is 0 Å². The molecule has 0 aliphatic heterocycles. The van der Waals surface area contributed by atoms with Crippen molar-refractivity contribution in [1.29, 1.82) is 0 Å². The molecule has 4 heteroatoms. The van der Waals surface area contributed by atoms with Gasteiger partial charge in [-0.25, -0.2) is 0 Å². The number of allylic oxidation sites excluding steroid dienone is 4. The van der Waals surface area contributed by atoms with Crippen molar-refractivity contribution in [3.05, 3.63) is 51.5 Å². The third kappa shape index (κ3) is 1.99. The zero-order chi connectivity index (χ0) is 11.7. The van der Waals surface area contributed by atoms with Gasteiger partial charge in [0.05, 0.1) is 10.6 Å². The van der Waals surface area contributed by atoms with E-state index in [4.69, 9.17) is 23.2 Å². The van der Waals surface area contributed by atoms with Crippen LogP contribution in [0.15, 0.2) is 35.9 Å². The van der Waals surface area contributed by atoms with Crippen LogP contribution in [0.2, 0.25) is 10.0 Å². The van der Waals surface area contributed by atoms with Crippen molar-refractivity contribution in [3.8, 4) is 5.75 Å². The summed E-state index contributed by atoms with van der Waals surface area (Å²) in [4.78, 5) is 12.0. The Kier molecular flexibility index (Phi) is 3.03. The smallest absolute Gasteiger partial charge is 0.193 e. The van der Waals surface area contributed by atoms with Gasteiger partial charge in [-0.05, 0) is 18.6 Å². The van der Waals surface area contributed by atoms with Gasteiger partial charge in [-0.1, -0.05) is 41.4 Å². The molecule has 1 aromatic carbocycles. The van der Waals surface area contributed by atoms with E-state index in [2.05, 4.69) is 0 Å². The Morgan fingerprint density at radius 3 is 2.69 bits per heavy atom. The summed E-state index contributed by atoms with van der Waals surface area (Å²) < 4.78 is 0. The zero-order valence-corrected chi connectivity index (χ0v) is 9.72. The fourth-order valence-corrected chi connectivity index (χ4v) is 2.02. The third-order valence-corrected chi connectivity index (χ3v) is 2.84. The number of rotatable bonds is 2. The van der Waals surface area contributed by atoms with Crippen LogP contribution in [0, 0.1) is 0 Å². The largest absolute Gasteiger partial charge is 0.506 e. The van der Waals surface area contributed by atoms with Crippen LogP contribution in [0.25, 0.3) is 0 Å². The molecule has 0 atom stereocenters. The fraction of sp³-hybridized carbons (Fsp3) is 0.0833. The molecule has 0 radical (unpaired) electrons. The van der Waals surface area contributed by atoms with E-state index in [0.717, 1.165) is 0 Å². The van der Waals surface area contributed by atoms with Crippen LogP contribution in [0.4, 0.5) is 0 Å². The quantitative estimate of drug-likeness (QED) is 0.816. The molecule has 0 saturated heterocycles. The summed E-state index contributed by atoms with van der Waals surface area (Å²) in [5.41, 5.74) is 0.765. The maximum atomic E-state index is 12.0. The van der Waals surface area contributed by atoms with Crippen LogP contribution in [-0.2, 0) is 0 Å². The van der Waals surface area contributed by atoms with Crippen molar-refractivity contribution in [1.82, 2.24) is 0 Å². The molecule has 1 aromatic rings. The second-order valence-corrected chi connectivity index (χ2v) is 4.28. The molecular weight excluding hydrogens is 247 g/mol. The first-order valence-corrected chi connectivity index (χ1v) is 5.43. The summed E-state index contributed by atoms with van der Waals surface area (Å²) in [6.07, 6.45) is 5.96. The summed E-state index contributed by atoms with van der Waals surface area (Å²) in [6.45, 7) is 0. The van der Waals surface area contributed by atoms with E-state index in [-0.39, 0.29) is 22.1 Å². The number of Topliss-reactive ketones (excluding diaryl/α,β-unsaturated/α-hetero) is 1. The Labute approximate surface area is 103 Å². The number of benzene rings is 1. The second-order valence-electron chi connectivity index (χ2n) is 3.44. The van der Waals surface area contributed by atoms with Crippen molar-refractivity contribution in [2.24, 2.45) is 0 Å². The molecule has 2 rings (SSSR count). The number of phenols is 1. The van der Waals surface area contributed by atoms with Crippen LogP contribution in [-0.4, -0.2) is 10.9 Å². The fourth-order valence-electron chi connectivity index (χ4n) is 1.53. The van der Waals surface area contributed by atoms with E-state index < -0.39 is 0 Å². The number of halogens is 2. The van der Waals surface area contributed by atoms with E-state index in [9.17, 15) is 9.90 Å². The van der Waals surface area contributed by atoms with E-state index >= 15 is 0 Å².